The molecule has 0 aromatic rings. The van der Waals surface area contributed by atoms with Gasteiger partial charge in [-0.05, 0) is 37.7 Å². The zero-order valence-electron chi connectivity index (χ0n) is 15.5. The van der Waals surface area contributed by atoms with Crippen LogP contribution in [0, 0.1) is 23.7 Å². The van der Waals surface area contributed by atoms with E-state index in [2.05, 4.69) is 6.92 Å². The van der Waals surface area contributed by atoms with Crippen LogP contribution in [0.15, 0.2) is 11.1 Å². The second-order valence-electron chi connectivity index (χ2n) is 8.68. The molecule has 0 aromatic heterocycles. The average Bonchev–Trinajstić information content (AvgIpc) is 2.88. The molecule has 6 heteroatoms. The van der Waals surface area contributed by atoms with E-state index in [0.29, 0.717) is 25.4 Å². The third-order valence-corrected chi connectivity index (χ3v) is 7.75. The summed E-state index contributed by atoms with van der Waals surface area (Å²) in [6.45, 7) is 4.78. The Bertz CT molecular complexity index is 698. The first-order valence-electron chi connectivity index (χ1n) is 9.73. The lowest BCUT2D eigenvalue weighted by Gasteiger charge is -2.55. The van der Waals surface area contributed by atoms with E-state index in [9.17, 15) is 9.59 Å². The van der Waals surface area contributed by atoms with Crippen molar-refractivity contribution in [3.8, 4) is 0 Å². The molecule has 1 spiro atoms. The fraction of sp³-hybridized carbons (Fsp3) is 0.800. The molecular formula is C20H26O6. The van der Waals surface area contributed by atoms with Gasteiger partial charge in [0.25, 0.3) is 0 Å². The van der Waals surface area contributed by atoms with Gasteiger partial charge in [0.2, 0.25) is 0 Å². The first-order chi connectivity index (χ1) is 12.5. The van der Waals surface area contributed by atoms with Gasteiger partial charge in [-0.25, -0.2) is 4.79 Å². The third-order valence-electron chi connectivity index (χ3n) is 7.75. The number of ether oxygens (including phenoxy) is 4. The summed E-state index contributed by atoms with van der Waals surface area (Å²) in [4.78, 5) is 25.6. The van der Waals surface area contributed by atoms with Crippen molar-refractivity contribution in [1.82, 2.24) is 0 Å². The molecule has 4 fully saturated rings. The lowest BCUT2D eigenvalue weighted by Crippen LogP contribution is -2.61. The Kier molecular flexibility index (Phi) is 3.58. The van der Waals surface area contributed by atoms with Crippen molar-refractivity contribution in [2.75, 3.05) is 13.7 Å². The largest absolute Gasteiger partial charge is 0.509 e. The second-order valence-corrected chi connectivity index (χ2v) is 8.68. The molecule has 0 radical (unpaired) electrons. The van der Waals surface area contributed by atoms with E-state index in [1.54, 1.807) is 7.11 Å². The number of carbonyl (C=O) groups excluding carboxylic acids is 2. The maximum atomic E-state index is 13.4. The molecule has 2 heterocycles. The first kappa shape index (κ1) is 16.8. The highest BCUT2D eigenvalue weighted by molar-refractivity contribution is 5.89. The number of Topliss-reactive ketones (excluding diaryl/α,β-unsaturated/α-hetero) is 1. The Morgan fingerprint density at radius 2 is 2.00 bits per heavy atom. The summed E-state index contributed by atoms with van der Waals surface area (Å²) in [6.07, 6.45) is 1.88. The predicted molar refractivity (Wildman–Crippen MR) is 90.4 cm³/mol. The number of hydrogen-bond donors (Lipinski definition) is 0. The molecule has 8 unspecified atom stereocenters. The van der Waals surface area contributed by atoms with Crippen LogP contribution in [0.25, 0.3) is 0 Å². The van der Waals surface area contributed by atoms with Crippen LogP contribution in [0.2, 0.25) is 0 Å². The standard InChI is InChI=1S/C20H26O6/c1-9-6-15-20(26-19(22)25-15)7-12-11(4-5-14-13(12)8-24-14)17(21)18(23-3)16(9)10(20)2/h10-15,18H,4-8H2,1-3H3. The van der Waals surface area contributed by atoms with Gasteiger partial charge in [0.1, 0.15) is 12.2 Å². The van der Waals surface area contributed by atoms with Gasteiger partial charge < -0.3 is 18.9 Å². The second kappa shape index (κ2) is 5.55. The first-order valence-corrected chi connectivity index (χ1v) is 9.73. The van der Waals surface area contributed by atoms with Crippen molar-refractivity contribution in [2.24, 2.45) is 23.7 Å². The van der Waals surface area contributed by atoms with Gasteiger partial charge in [-0.2, -0.15) is 0 Å². The molecular weight excluding hydrogens is 336 g/mol. The van der Waals surface area contributed by atoms with Crippen LogP contribution in [0.5, 0.6) is 0 Å². The fourth-order valence-corrected chi connectivity index (χ4v) is 6.37. The monoisotopic (exact) mass is 362 g/mol. The highest BCUT2D eigenvalue weighted by atomic mass is 16.8. The fourth-order valence-electron chi connectivity index (χ4n) is 6.37. The Morgan fingerprint density at radius 3 is 2.69 bits per heavy atom. The van der Waals surface area contributed by atoms with Crippen LogP contribution >= 0.6 is 0 Å². The van der Waals surface area contributed by atoms with Crippen LogP contribution in [-0.4, -0.2) is 49.6 Å². The minimum absolute atomic E-state index is 0.0599. The summed E-state index contributed by atoms with van der Waals surface area (Å²) in [5.74, 6) is 0.569. The Labute approximate surface area is 153 Å². The normalized spacial score (nSPS) is 49.7. The van der Waals surface area contributed by atoms with Crippen LogP contribution in [0.1, 0.15) is 39.5 Å². The van der Waals surface area contributed by atoms with E-state index >= 15 is 0 Å². The average molecular weight is 362 g/mol. The highest BCUT2D eigenvalue weighted by Crippen LogP contribution is 2.56. The van der Waals surface area contributed by atoms with Gasteiger partial charge in [-0.15, -0.1) is 0 Å². The van der Waals surface area contributed by atoms with Crippen LogP contribution in [-0.2, 0) is 23.7 Å². The summed E-state index contributed by atoms with van der Waals surface area (Å²) in [6, 6.07) is 0. The number of rotatable bonds is 1. The van der Waals surface area contributed by atoms with Gasteiger partial charge in [-0.1, -0.05) is 12.5 Å². The van der Waals surface area contributed by atoms with E-state index in [-0.39, 0.29) is 35.7 Å². The zero-order chi connectivity index (χ0) is 18.2. The molecule has 8 atom stereocenters. The van der Waals surface area contributed by atoms with Crippen LogP contribution in [0.3, 0.4) is 0 Å². The number of methoxy groups -OCH3 is 1. The maximum absolute atomic E-state index is 13.4. The van der Waals surface area contributed by atoms with Crippen LogP contribution < -0.4 is 0 Å². The molecule has 5 rings (SSSR count). The minimum atomic E-state index is -0.691. The van der Waals surface area contributed by atoms with Gasteiger partial charge in [0.05, 0.1) is 12.7 Å². The van der Waals surface area contributed by atoms with Crippen molar-refractivity contribution in [3.05, 3.63) is 11.1 Å². The van der Waals surface area contributed by atoms with E-state index in [1.165, 1.54) is 0 Å². The Balaban J connectivity index is 1.65. The topological polar surface area (TPSA) is 71.1 Å². The Hall–Kier alpha value is -1.40. The molecule has 2 saturated heterocycles. The van der Waals surface area contributed by atoms with Gasteiger partial charge in [0.15, 0.2) is 11.4 Å². The highest BCUT2D eigenvalue weighted by Gasteiger charge is 2.64. The summed E-state index contributed by atoms with van der Waals surface area (Å²) in [5.41, 5.74) is 1.40. The predicted octanol–water partition coefficient (Wildman–Crippen LogP) is 2.65. The Morgan fingerprint density at radius 1 is 1.19 bits per heavy atom. The van der Waals surface area contributed by atoms with Crippen LogP contribution in [0.4, 0.5) is 4.79 Å². The SMILES string of the molecule is COC1C(=O)C2CCC3OCC3C2CC23OC(=O)OC2CC(C)=C1C3C. The quantitative estimate of drug-likeness (QED) is 0.528. The van der Waals surface area contributed by atoms with Crippen molar-refractivity contribution < 1.29 is 28.5 Å². The van der Waals surface area contributed by atoms with E-state index in [0.717, 1.165) is 24.0 Å². The van der Waals surface area contributed by atoms with Crippen molar-refractivity contribution in [3.63, 3.8) is 0 Å². The van der Waals surface area contributed by atoms with E-state index in [4.69, 9.17) is 18.9 Å². The summed E-state index contributed by atoms with van der Waals surface area (Å²) >= 11 is 0. The summed E-state index contributed by atoms with van der Waals surface area (Å²) in [5, 5.41) is 0. The lowest BCUT2D eigenvalue weighted by molar-refractivity contribution is -0.193. The molecule has 5 aliphatic rings. The molecule has 0 N–H and O–H groups in total. The number of fused-ring (bicyclic) bond motifs is 4. The molecule has 2 bridgehead atoms. The maximum Gasteiger partial charge on any atom is 0.509 e. The van der Waals surface area contributed by atoms with E-state index in [1.807, 2.05) is 6.92 Å². The molecule has 26 heavy (non-hydrogen) atoms. The number of hydrogen-bond acceptors (Lipinski definition) is 6. The molecule has 142 valence electrons. The smallest absolute Gasteiger partial charge is 0.426 e. The summed E-state index contributed by atoms with van der Waals surface area (Å²) < 4.78 is 23.0. The molecule has 3 aliphatic carbocycles. The molecule has 0 amide bonds. The molecule has 0 aromatic carbocycles. The van der Waals surface area contributed by atoms with Gasteiger partial charge >= 0.3 is 6.16 Å². The third kappa shape index (κ3) is 2.00. The van der Waals surface area contributed by atoms with Gasteiger partial charge in [0, 0.05) is 31.3 Å². The van der Waals surface area contributed by atoms with Crippen molar-refractivity contribution in [1.29, 1.82) is 0 Å². The molecule has 6 nitrogen and oxygen atoms in total. The molecule has 2 saturated carbocycles. The minimum Gasteiger partial charge on any atom is -0.426 e. The lowest BCUT2D eigenvalue weighted by atomic mass is 9.56. The summed E-state index contributed by atoms with van der Waals surface area (Å²) in [7, 11) is 1.61. The van der Waals surface area contributed by atoms with Crippen molar-refractivity contribution in [2.45, 2.75) is 63.4 Å². The van der Waals surface area contributed by atoms with Crippen molar-refractivity contribution >= 4 is 11.9 Å². The zero-order valence-corrected chi connectivity index (χ0v) is 15.5. The number of carbonyl (C=O) groups is 2. The number of ketones is 1. The molecule has 2 aliphatic heterocycles. The van der Waals surface area contributed by atoms with E-state index < -0.39 is 17.9 Å². The van der Waals surface area contributed by atoms with Gasteiger partial charge in [-0.3, -0.25) is 4.79 Å².